The van der Waals surface area contributed by atoms with Crippen molar-refractivity contribution in [3.05, 3.63) is 0 Å². The molecule has 5 nitrogen and oxygen atoms in total. The van der Waals surface area contributed by atoms with Gasteiger partial charge in [-0.3, -0.25) is 4.79 Å². The van der Waals surface area contributed by atoms with Crippen LogP contribution in [0, 0.1) is 0 Å². The minimum Gasteiger partial charge on any atom is -0.463 e. The largest absolute Gasteiger partial charge is 0.463 e. The number of hydrogen-bond donors (Lipinski definition) is 0. The van der Waals surface area contributed by atoms with E-state index in [4.69, 9.17) is 4.74 Å². The maximum absolute atomic E-state index is 10.2. The average Bonchev–Trinajstić information content (AvgIpc) is 1.98. The van der Waals surface area contributed by atoms with Crippen molar-refractivity contribution < 1.29 is 23.8 Å². The summed E-state index contributed by atoms with van der Waals surface area (Å²) in [7, 11) is 0. The fourth-order valence-corrected chi connectivity index (χ4v) is 0.501. The zero-order valence-corrected chi connectivity index (χ0v) is 7.03. The zero-order valence-electron chi connectivity index (χ0n) is 7.03. The van der Waals surface area contributed by atoms with Crippen molar-refractivity contribution in [2.75, 3.05) is 13.2 Å². The topological polar surface area (TPSA) is 61.8 Å². The van der Waals surface area contributed by atoms with Gasteiger partial charge in [-0.1, -0.05) is 0 Å². The van der Waals surface area contributed by atoms with E-state index in [0.717, 1.165) is 0 Å². The molecule has 0 aromatic heterocycles. The van der Waals surface area contributed by atoms with Crippen molar-refractivity contribution in [1.29, 1.82) is 0 Å². The van der Waals surface area contributed by atoms with E-state index in [1.165, 1.54) is 13.4 Å². The summed E-state index contributed by atoms with van der Waals surface area (Å²) in [5, 5.41) is 0. The molecular formula is C7H11O5. The van der Waals surface area contributed by atoms with Gasteiger partial charge in [0.25, 0.3) is 0 Å². The van der Waals surface area contributed by atoms with E-state index in [-0.39, 0.29) is 19.2 Å². The number of hydrogen-bond acceptors (Lipinski definition) is 5. The maximum Gasteiger partial charge on any atom is 0.419 e. The molecule has 0 N–H and O–H groups in total. The second-order valence-corrected chi connectivity index (χ2v) is 1.98. The van der Waals surface area contributed by atoms with Gasteiger partial charge in [-0.05, 0) is 6.92 Å². The molecule has 5 heteroatoms. The molecule has 1 radical (unpaired) electrons. The molecule has 1 atom stereocenters. The summed E-state index contributed by atoms with van der Waals surface area (Å²) in [6.45, 7) is 4.43. The Labute approximate surface area is 70.6 Å². The summed E-state index contributed by atoms with van der Waals surface area (Å²) < 4.78 is 13.7. The van der Waals surface area contributed by atoms with Gasteiger partial charge in [-0.25, -0.2) is 4.79 Å². The summed E-state index contributed by atoms with van der Waals surface area (Å²) >= 11 is 0. The fourth-order valence-electron chi connectivity index (χ4n) is 0.501. The Bertz CT molecular complexity index is 145. The van der Waals surface area contributed by atoms with Crippen LogP contribution in [0.2, 0.25) is 0 Å². The summed E-state index contributed by atoms with van der Waals surface area (Å²) in [6.07, 6.45) is -0.655. The maximum atomic E-state index is 10.2. The van der Waals surface area contributed by atoms with Crippen LogP contribution in [0.5, 0.6) is 0 Å². The van der Waals surface area contributed by atoms with Crippen molar-refractivity contribution in [3.8, 4) is 0 Å². The van der Waals surface area contributed by atoms with Crippen molar-refractivity contribution >= 4 is 12.4 Å². The second-order valence-electron chi connectivity index (χ2n) is 1.98. The quantitative estimate of drug-likeness (QED) is 0.323. The van der Waals surface area contributed by atoms with Gasteiger partial charge in [0.1, 0.15) is 6.61 Å². The standard InChI is InChI=1S/C7H11O5/c1-6(9)10-3-4-11-7(2)12-5-8/h7H,3-4H2,1-2H3. The van der Waals surface area contributed by atoms with Crippen LogP contribution in [0.4, 0.5) is 0 Å². The van der Waals surface area contributed by atoms with Gasteiger partial charge in [0.15, 0.2) is 0 Å². The third kappa shape index (κ3) is 7.01. The van der Waals surface area contributed by atoms with Crippen LogP contribution < -0.4 is 0 Å². The number of carbonyl (C=O) groups is 1. The molecule has 0 aliphatic heterocycles. The van der Waals surface area contributed by atoms with Crippen LogP contribution in [0.25, 0.3) is 0 Å². The Morgan fingerprint density at radius 3 is 2.67 bits per heavy atom. The summed E-state index contributed by atoms with van der Waals surface area (Å²) in [6, 6.07) is 0. The Balaban J connectivity index is 3.18. The lowest BCUT2D eigenvalue weighted by molar-refractivity contribution is -0.146. The predicted octanol–water partition coefficient (Wildman–Crippen LogP) is -0.00410. The third-order valence-corrected chi connectivity index (χ3v) is 0.955. The Kier molecular flexibility index (Phi) is 6.00. The van der Waals surface area contributed by atoms with Crippen molar-refractivity contribution in [1.82, 2.24) is 0 Å². The van der Waals surface area contributed by atoms with Crippen LogP contribution in [0.1, 0.15) is 13.8 Å². The first-order valence-electron chi connectivity index (χ1n) is 3.44. The molecule has 0 aromatic rings. The normalized spacial score (nSPS) is 11.8. The summed E-state index contributed by atoms with van der Waals surface area (Å²) in [5.74, 6) is -0.367. The van der Waals surface area contributed by atoms with E-state index in [0.29, 0.717) is 0 Å². The van der Waals surface area contributed by atoms with E-state index in [2.05, 4.69) is 9.47 Å². The fraction of sp³-hybridized carbons (Fsp3) is 0.714. The molecule has 0 aliphatic rings. The molecule has 0 spiro atoms. The van der Waals surface area contributed by atoms with Gasteiger partial charge in [-0.15, -0.1) is 0 Å². The SMILES string of the molecule is CC(=O)OCCOC(C)O[C]=O. The van der Waals surface area contributed by atoms with E-state index >= 15 is 0 Å². The number of carbonyl (C=O) groups excluding carboxylic acids is 2. The molecule has 12 heavy (non-hydrogen) atoms. The smallest absolute Gasteiger partial charge is 0.419 e. The minimum absolute atomic E-state index is 0.155. The number of ether oxygens (including phenoxy) is 3. The highest BCUT2D eigenvalue weighted by atomic mass is 16.7. The number of rotatable bonds is 6. The van der Waals surface area contributed by atoms with Crippen LogP contribution in [0.15, 0.2) is 0 Å². The second kappa shape index (κ2) is 6.60. The lowest BCUT2D eigenvalue weighted by Gasteiger charge is -2.09. The van der Waals surface area contributed by atoms with Gasteiger partial charge in [0.05, 0.1) is 6.61 Å². The molecule has 0 rings (SSSR count). The first-order valence-corrected chi connectivity index (χ1v) is 3.44. The predicted molar refractivity (Wildman–Crippen MR) is 38.8 cm³/mol. The third-order valence-electron chi connectivity index (χ3n) is 0.955. The van der Waals surface area contributed by atoms with Crippen LogP contribution >= 0.6 is 0 Å². The minimum atomic E-state index is -0.655. The molecule has 0 bridgehead atoms. The van der Waals surface area contributed by atoms with Crippen LogP contribution in [-0.2, 0) is 23.8 Å². The average molecular weight is 175 g/mol. The molecule has 69 valence electrons. The molecule has 0 saturated heterocycles. The highest BCUT2D eigenvalue weighted by Gasteiger charge is 2.01. The molecule has 0 fully saturated rings. The summed E-state index contributed by atoms with van der Waals surface area (Å²) in [5.41, 5.74) is 0. The Morgan fingerprint density at radius 1 is 1.50 bits per heavy atom. The first-order chi connectivity index (χ1) is 5.66. The van der Waals surface area contributed by atoms with Gasteiger partial charge in [0, 0.05) is 6.92 Å². The van der Waals surface area contributed by atoms with Crippen LogP contribution in [0.3, 0.4) is 0 Å². The van der Waals surface area contributed by atoms with Crippen molar-refractivity contribution in [3.63, 3.8) is 0 Å². The molecule has 0 amide bonds. The van der Waals surface area contributed by atoms with Gasteiger partial charge in [-0.2, -0.15) is 0 Å². The van der Waals surface area contributed by atoms with Crippen molar-refractivity contribution in [2.24, 2.45) is 0 Å². The Morgan fingerprint density at radius 2 is 2.17 bits per heavy atom. The zero-order chi connectivity index (χ0) is 9.40. The van der Waals surface area contributed by atoms with E-state index < -0.39 is 6.29 Å². The van der Waals surface area contributed by atoms with E-state index in [1.807, 2.05) is 0 Å². The van der Waals surface area contributed by atoms with E-state index in [1.54, 1.807) is 6.92 Å². The molecule has 0 saturated carbocycles. The highest BCUT2D eigenvalue weighted by Crippen LogP contribution is 1.90. The molecular weight excluding hydrogens is 164 g/mol. The highest BCUT2D eigenvalue weighted by molar-refractivity contribution is 5.65. The molecule has 0 aliphatic carbocycles. The van der Waals surface area contributed by atoms with Crippen LogP contribution in [-0.4, -0.2) is 31.9 Å². The van der Waals surface area contributed by atoms with Gasteiger partial charge in [0.2, 0.25) is 6.29 Å². The first kappa shape index (κ1) is 10.9. The van der Waals surface area contributed by atoms with Gasteiger partial charge >= 0.3 is 12.4 Å². The Hall–Kier alpha value is -1.10. The molecule has 0 heterocycles. The molecule has 0 aromatic carbocycles. The van der Waals surface area contributed by atoms with Gasteiger partial charge < -0.3 is 14.2 Å². The summed E-state index contributed by atoms with van der Waals surface area (Å²) in [4.78, 5) is 19.9. The van der Waals surface area contributed by atoms with E-state index in [9.17, 15) is 9.59 Å². The molecule has 1 unspecified atom stereocenters. The monoisotopic (exact) mass is 175 g/mol. The lowest BCUT2D eigenvalue weighted by atomic mass is 10.7. The lowest BCUT2D eigenvalue weighted by Crippen LogP contribution is -2.16. The van der Waals surface area contributed by atoms with Crippen molar-refractivity contribution in [2.45, 2.75) is 20.1 Å². The number of esters is 1.